The number of fused-ring (bicyclic) bond motifs is 1. The molecule has 1 aliphatic heterocycles. The van der Waals surface area contributed by atoms with Gasteiger partial charge in [-0.1, -0.05) is 0 Å². The van der Waals surface area contributed by atoms with Gasteiger partial charge in [0.05, 0.1) is 18.4 Å². The van der Waals surface area contributed by atoms with Gasteiger partial charge in [0.15, 0.2) is 5.76 Å². The van der Waals surface area contributed by atoms with Gasteiger partial charge in [-0.2, -0.15) is 22.0 Å². The van der Waals surface area contributed by atoms with Crippen molar-refractivity contribution in [3.8, 4) is 0 Å². The van der Waals surface area contributed by atoms with Crippen molar-refractivity contribution in [1.29, 1.82) is 0 Å². The van der Waals surface area contributed by atoms with E-state index in [1.807, 2.05) is 52.3 Å². The van der Waals surface area contributed by atoms with Gasteiger partial charge in [0.2, 0.25) is 0 Å². The van der Waals surface area contributed by atoms with Crippen molar-refractivity contribution in [2.75, 3.05) is 24.6 Å². The van der Waals surface area contributed by atoms with Crippen LogP contribution in [0.4, 0.5) is 0 Å². The van der Waals surface area contributed by atoms with Gasteiger partial charge in [0, 0.05) is 31.6 Å². The molecular weight excluding hydrogens is 326 g/mol. The fraction of sp³-hybridized carbons (Fsp3) is 0.438. The van der Waals surface area contributed by atoms with Gasteiger partial charge in [-0.25, -0.2) is 0 Å². The van der Waals surface area contributed by atoms with Gasteiger partial charge >= 0.3 is 0 Å². The molecule has 0 aromatic carbocycles. The third kappa shape index (κ3) is 2.71. The molecule has 1 saturated heterocycles. The number of rotatable bonds is 3. The number of aromatic nitrogens is 4. The maximum atomic E-state index is 12.4. The molecule has 3 aromatic heterocycles. The Morgan fingerprint density at radius 1 is 1.29 bits per heavy atom. The molecule has 1 fully saturated rings. The van der Waals surface area contributed by atoms with Crippen LogP contribution in [-0.4, -0.2) is 55.0 Å². The van der Waals surface area contributed by atoms with Gasteiger partial charge in [-0.15, -0.1) is 0 Å². The Morgan fingerprint density at radius 2 is 2.08 bits per heavy atom. The van der Waals surface area contributed by atoms with E-state index in [0.29, 0.717) is 12.3 Å². The normalized spacial score (nSPS) is 15.3. The number of carbonyl (C=O) groups is 1. The Hall–Kier alpha value is -2.22. The SMILES string of the molecule is Cc1nn(C)c2cn(Cc3ccc(C(=O)N4CCSCC4)o3)nc12. The zero-order valence-electron chi connectivity index (χ0n) is 13.7. The number of hydrogen-bond acceptors (Lipinski definition) is 5. The van der Waals surface area contributed by atoms with Crippen molar-refractivity contribution in [3.63, 3.8) is 0 Å². The molecule has 24 heavy (non-hydrogen) atoms. The first-order chi connectivity index (χ1) is 11.6. The third-order valence-electron chi connectivity index (χ3n) is 4.22. The average Bonchev–Trinajstić information content (AvgIpc) is 3.27. The van der Waals surface area contributed by atoms with Crippen LogP contribution >= 0.6 is 11.8 Å². The molecule has 0 spiro atoms. The fourth-order valence-corrected chi connectivity index (χ4v) is 3.88. The predicted molar refractivity (Wildman–Crippen MR) is 92.3 cm³/mol. The highest BCUT2D eigenvalue weighted by Gasteiger charge is 2.21. The smallest absolute Gasteiger partial charge is 0.289 e. The largest absolute Gasteiger partial charge is 0.454 e. The summed E-state index contributed by atoms with van der Waals surface area (Å²) in [5.74, 6) is 3.10. The van der Waals surface area contributed by atoms with E-state index in [1.54, 1.807) is 6.07 Å². The summed E-state index contributed by atoms with van der Waals surface area (Å²) in [5.41, 5.74) is 2.79. The zero-order valence-corrected chi connectivity index (χ0v) is 14.5. The van der Waals surface area contributed by atoms with E-state index in [4.69, 9.17) is 4.42 Å². The van der Waals surface area contributed by atoms with Crippen molar-refractivity contribution >= 4 is 28.7 Å². The highest BCUT2D eigenvalue weighted by atomic mass is 32.2. The summed E-state index contributed by atoms with van der Waals surface area (Å²) in [7, 11) is 1.90. The molecule has 0 bridgehead atoms. The average molecular weight is 345 g/mol. The summed E-state index contributed by atoms with van der Waals surface area (Å²) in [6, 6.07) is 3.61. The molecule has 1 aliphatic rings. The number of carbonyl (C=O) groups excluding carboxylic acids is 1. The standard InChI is InChI=1S/C16H19N5O2S/c1-11-15-13(19(2)17-11)10-21(18-15)9-12-3-4-14(23-12)16(22)20-5-7-24-8-6-20/h3-4,10H,5-9H2,1-2H3. The van der Waals surface area contributed by atoms with Gasteiger partial charge in [-0.05, 0) is 19.1 Å². The van der Waals surface area contributed by atoms with Crippen molar-refractivity contribution in [3.05, 3.63) is 35.5 Å². The molecular formula is C16H19N5O2S. The number of nitrogens with zero attached hydrogens (tertiary/aromatic N) is 5. The summed E-state index contributed by atoms with van der Waals surface area (Å²) >= 11 is 1.88. The van der Waals surface area contributed by atoms with Crippen LogP contribution in [0.5, 0.6) is 0 Å². The summed E-state index contributed by atoms with van der Waals surface area (Å²) in [6.45, 7) is 4.02. The highest BCUT2D eigenvalue weighted by molar-refractivity contribution is 7.99. The van der Waals surface area contributed by atoms with E-state index in [9.17, 15) is 4.79 Å². The molecule has 0 unspecified atom stereocenters. The Kier molecular flexibility index (Phi) is 3.84. The first kappa shape index (κ1) is 15.3. The Labute approximate surface area is 143 Å². The zero-order chi connectivity index (χ0) is 16.7. The van der Waals surface area contributed by atoms with E-state index in [-0.39, 0.29) is 5.91 Å². The minimum absolute atomic E-state index is 0.0211. The second-order valence-electron chi connectivity index (χ2n) is 5.94. The molecule has 0 atom stereocenters. The second kappa shape index (κ2) is 6.01. The van der Waals surface area contributed by atoms with Crippen molar-refractivity contribution < 1.29 is 9.21 Å². The van der Waals surface area contributed by atoms with Crippen LogP contribution in [0.3, 0.4) is 0 Å². The lowest BCUT2D eigenvalue weighted by Gasteiger charge is -2.25. The van der Waals surface area contributed by atoms with Crippen LogP contribution < -0.4 is 0 Å². The maximum absolute atomic E-state index is 12.4. The van der Waals surface area contributed by atoms with Crippen LogP contribution in [0.2, 0.25) is 0 Å². The molecule has 4 heterocycles. The third-order valence-corrected chi connectivity index (χ3v) is 5.16. The lowest BCUT2D eigenvalue weighted by Crippen LogP contribution is -2.37. The van der Waals surface area contributed by atoms with E-state index in [0.717, 1.165) is 47.1 Å². The Balaban J connectivity index is 1.51. The summed E-state index contributed by atoms with van der Waals surface area (Å²) < 4.78 is 9.40. The molecule has 0 N–H and O–H groups in total. The molecule has 8 heteroatoms. The van der Waals surface area contributed by atoms with Crippen LogP contribution in [0.25, 0.3) is 11.0 Å². The Morgan fingerprint density at radius 3 is 2.83 bits per heavy atom. The number of thioether (sulfide) groups is 1. The predicted octanol–water partition coefficient (Wildman–Crippen LogP) is 1.91. The molecule has 0 aliphatic carbocycles. The molecule has 3 aromatic rings. The number of amides is 1. The molecule has 4 rings (SSSR count). The quantitative estimate of drug-likeness (QED) is 0.725. The van der Waals surface area contributed by atoms with Gasteiger partial charge in [0.25, 0.3) is 5.91 Å². The van der Waals surface area contributed by atoms with E-state index < -0.39 is 0 Å². The minimum atomic E-state index is -0.0211. The van der Waals surface area contributed by atoms with Crippen LogP contribution in [0.15, 0.2) is 22.7 Å². The van der Waals surface area contributed by atoms with Crippen LogP contribution in [-0.2, 0) is 13.6 Å². The molecule has 0 saturated carbocycles. The maximum Gasteiger partial charge on any atom is 0.289 e. The highest BCUT2D eigenvalue weighted by Crippen LogP contribution is 2.18. The van der Waals surface area contributed by atoms with Crippen LogP contribution in [0.1, 0.15) is 22.0 Å². The molecule has 7 nitrogen and oxygen atoms in total. The monoisotopic (exact) mass is 345 g/mol. The lowest BCUT2D eigenvalue weighted by atomic mass is 10.3. The Bertz CT molecular complexity index is 853. The first-order valence-electron chi connectivity index (χ1n) is 7.94. The number of furan rings is 1. The summed E-state index contributed by atoms with van der Waals surface area (Å²) in [6.07, 6.45) is 1.95. The second-order valence-corrected chi connectivity index (χ2v) is 7.16. The summed E-state index contributed by atoms with van der Waals surface area (Å²) in [5, 5.41) is 8.89. The van der Waals surface area contributed by atoms with Crippen molar-refractivity contribution in [1.82, 2.24) is 24.5 Å². The number of aryl methyl sites for hydroxylation is 2. The molecule has 0 radical (unpaired) electrons. The van der Waals surface area contributed by atoms with Gasteiger partial charge in [0.1, 0.15) is 16.8 Å². The topological polar surface area (TPSA) is 69.1 Å². The lowest BCUT2D eigenvalue weighted by molar-refractivity contribution is 0.0738. The number of hydrogen-bond donors (Lipinski definition) is 0. The van der Waals surface area contributed by atoms with Crippen LogP contribution in [0, 0.1) is 6.92 Å². The van der Waals surface area contributed by atoms with E-state index >= 15 is 0 Å². The van der Waals surface area contributed by atoms with Crippen molar-refractivity contribution in [2.24, 2.45) is 7.05 Å². The minimum Gasteiger partial charge on any atom is -0.454 e. The fourth-order valence-electron chi connectivity index (χ4n) is 2.97. The van der Waals surface area contributed by atoms with E-state index in [2.05, 4.69) is 10.2 Å². The molecule has 126 valence electrons. The van der Waals surface area contributed by atoms with E-state index in [1.165, 1.54) is 0 Å². The van der Waals surface area contributed by atoms with Gasteiger partial charge < -0.3 is 9.32 Å². The molecule has 1 amide bonds. The first-order valence-corrected chi connectivity index (χ1v) is 9.10. The summed E-state index contributed by atoms with van der Waals surface area (Å²) in [4.78, 5) is 14.3. The van der Waals surface area contributed by atoms with Gasteiger partial charge in [-0.3, -0.25) is 14.2 Å². The van der Waals surface area contributed by atoms with Crippen molar-refractivity contribution in [2.45, 2.75) is 13.5 Å².